The van der Waals surface area contributed by atoms with Crippen LogP contribution in [0.2, 0.25) is 5.02 Å². The highest BCUT2D eigenvalue weighted by Crippen LogP contribution is 2.23. The van der Waals surface area contributed by atoms with Crippen LogP contribution in [0, 0.1) is 6.92 Å². The quantitative estimate of drug-likeness (QED) is 0.642. The van der Waals surface area contributed by atoms with E-state index < -0.39 is 18.5 Å². The van der Waals surface area contributed by atoms with Crippen molar-refractivity contribution in [2.75, 3.05) is 18.5 Å². The van der Waals surface area contributed by atoms with Crippen LogP contribution >= 0.6 is 11.6 Å². The third-order valence-electron chi connectivity index (χ3n) is 3.98. The third-order valence-corrected chi connectivity index (χ3v) is 4.39. The van der Waals surface area contributed by atoms with Crippen molar-refractivity contribution in [1.82, 2.24) is 0 Å². The van der Waals surface area contributed by atoms with E-state index in [1.54, 1.807) is 31.2 Å². The third kappa shape index (κ3) is 4.99. The lowest BCUT2D eigenvalue weighted by molar-refractivity contribution is -0.149. The van der Waals surface area contributed by atoms with Gasteiger partial charge in [-0.1, -0.05) is 48.0 Å². The van der Waals surface area contributed by atoms with Gasteiger partial charge >= 0.3 is 5.97 Å². The molecule has 0 saturated carbocycles. The molecule has 0 aromatic heterocycles. The molecule has 0 atom stereocenters. The number of halogens is 1. The van der Waals surface area contributed by atoms with Crippen molar-refractivity contribution in [3.63, 3.8) is 0 Å². The lowest BCUT2D eigenvalue weighted by atomic mass is 10.1. The topological polar surface area (TPSA) is 64.6 Å². The Balaban J connectivity index is 1.47. The van der Waals surface area contributed by atoms with E-state index in [-0.39, 0.29) is 6.61 Å². The van der Waals surface area contributed by atoms with Gasteiger partial charge < -0.3 is 14.8 Å². The number of ether oxygens (including phenoxy) is 2. The van der Waals surface area contributed by atoms with E-state index in [0.29, 0.717) is 16.5 Å². The maximum atomic E-state index is 11.9. The highest BCUT2D eigenvalue weighted by atomic mass is 35.5. The Morgan fingerprint density at radius 1 is 0.963 bits per heavy atom. The van der Waals surface area contributed by atoms with Crippen molar-refractivity contribution in [1.29, 1.82) is 0 Å². The van der Waals surface area contributed by atoms with Gasteiger partial charge in [-0.25, -0.2) is 4.79 Å². The van der Waals surface area contributed by atoms with Crippen LogP contribution in [0.3, 0.4) is 0 Å². The molecular weight excluding hydrogens is 366 g/mol. The Morgan fingerprint density at radius 3 is 2.56 bits per heavy atom. The fourth-order valence-electron chi connectivity index (χ4n) is 2.52. The zero-order valence-corrected chi connectivity index (χ0v) is 15.5. The van der Waals surface area contributed by atoms with Gasteiger partial charge in [-0.3, -0.25) is 4.79 Å². The van der Waals surface area contributed by atoms with Crippen LogP contribution in [0.25, 0.3) is 10.8 Å². The first kappa shape index (κ1) is 18.7. The second-order valence-electron chi connectivity index (χ2n) is 5.92. The first-order valence-electron chi connectivity index (χ1n) is 8.35. The Labute approximate surface area is 161 Å². The van der Waals surface area contributed by atoms with E-state index in [9.17, 15) is 9.59 Å². The van der Waals surface area contributed by atoms with Crippen molar-refractivity contribution < 1.29 is 19.1 Å². The summed E-state index contributed by atoms with van der Waals surface area (Å²) >= 11 is 6.01. The minimum absolute atomic E-state index is 0.276. The average molecular weight is 384 g/mol. The molecule has 0 radical (unpaired) electrons. The van der Waals surface area contributed by atoms with Crippen molar-refractivity contribution in [3.8, 4) is 5.75 Å². The van der Waals surface area contributed by atoms with Gasteiger partial charge in [0.2, 0.25) is 0 Å². The van der Waals surface area contributed by atoms with Gasteiger partial charge in [0.25, 0.3) is 5.91 Å². The van der Waals surface area contributed by atoms with E-state index in [0.717, 1.165) is 16.3 Å². The number of nitrogens with one attached hydrogen (secondary N) is 1. The Hall–Kier alpha value is -3.05. The number of anilines is 1. The number of hydrogen-bond donors (Lipinski definition) is 1. The van der Waals surface area contributed by atoms with E-state index in [1.165, 1.54) is 0 Å². The summed E-state index contributed by atoms with van der Waals surface area (Å²) in [5, 5.41) is 5.31. The molecule has 3 aromatic rings. The summed E-state index contributed by atoms with van der Waals surface area (Å²) in [4.78, 5) is 23.7. The number of carbonyl (C=O) groups excluding carboxylic acids is 2. The van der Waals surface area contributed by atoms with Crippen molar-refractivity contribution in [3.05, 3.63) is 71.2 Å². The lowest BCUT2D eigenvalue weighted by Gasteiger charge is -2.10. The van der Waals surface area contributed by atoms with Crippen LogP contribution in [-0.4, -0.2) is 25.1 Å². The fourth-order valence-corrected chi connectivity index (χ4v) is 2.69. The van der Waals surface area contributed by atoms with Gasteiger partial charge in [0.05, 0.1) is 0 Å². The van der Waals surface area contributed by atoms with Crippen LogP contribution in [0.1, 0.15) is 5.56 Å². The van der Waals surface area contributed by atoms with E-state index in [1.807, 2.05) is 36.4 Å². The molecule has 138 valence electrons. The lowest BCUT2D eigenvalue weighted by Crippen LogP contribution is -2.24. The molecule has 0 saturated heterocycles. The van der Waals surface area contributed by atoms with Crippen LogP contribution < -0.4 is 10.1 Å². The molecule has 1 N–H and O–H groups in total. The zero-order valence-electron chi connectivity index (χ0n) is 14.7. The number of hydrogen-bond acceptors (Lipinski definition) is 4. The maximum absolute atomic E-state index is 11.9. The van der Waals surface area contributed by atoms with Gasteiger partial charge in [-0.15, -0.1) is 0 Å². The first-order valence-corrected chi connectivity index (χ1v) is 8.73. The van der Waals surface area contributed by atoms with Crippen LogP contribution in [0.5, 0.6) is 5.75 Å². The number of fused-ring (bicyclic) bond motifs is 1. The Kier molecular flexibility index (Phi) is 5.94. The largest absolute Gasteiger partial charge is 0.482 e. The Morgan fingerprint density at radius 2 is 1.74 bits per heavy atom. The fraction of sp³-hybridized carbons (Fsp3) is 0.143. The molecule has 6 heteroatoms. The standard InChI is InChI=1S/C21H18ClNO4/c1-14-18(22)7-4-8-19(14)23-20(24)12-27-21(25)13-26-17-10-9-15-5-2-3-6-16(15)11-17/h2-11H,12-13H2,1H3,(H,23,24). The maximum Gasteiger partial charge on any atom is 0.344 e. The highest BCUT2D eigenvalue weighted by molar-refractivity contribution is 6.31. The summed E-state index contributed by atoms with van der Waals surface area (Å²) in [5.41, 5.74) is 1.33. The number of esters is 1. The summed E-state index contributed by atoms with van der Waals surface area (Å²) in [5.74, 6) is -0.509. The molecule has 0 bridgehead atoms. The normalized spacial score (nSPS) is 10.4. The highest BCUT2D eigenvalue weighted by Gasteiger charge is 2.11. The minimum atomic E-state index is -0.624. The van der Waals surface area contributed by atoms with Crippen LogP contribution in [-0.2, 0) is 14.3 Å². The molecule has 0 spiro atoms. The van der Waals surface area contributed by atoms with Gasteiger partial charge in [-0.05, 0) is 47.5 Å². The van der Waals surface area contributed by atoms with Gasteiger partial charge in [-0.2, -0.15) is 0 Å². The predicted molar refractivity (Wildman–Crippen MR) is 105 cm³/mol. The van der Waals surface area contributed by atoms with E-state index >= 15 is 0 Å². The van der Waals surface area contributed by atoms with Crippen molar-refractivity contribution in [2.24, 2.45) is 0 Å². The summed E-state index contributed by atoms with van der Waals surface area (Å²) in [6.07, 6.45) is 0. The smallest absolute Gasteiger partial charge is 0.344 e. The summed E-state index contributed by atoms with van der Waals surface area (Å²) < 4.78 is 10.4. The molecule has 27 heavy (non-hydrogen) atoms. The molecule has 3 rings (SSSR count). The molecule has 1 amide bonds. The molecular formula is C21H18ClNO4. The number of rotatable bonds is 6. The van der Waals surface area contributed by atoms with Crippen LogP contribution in [0.4, 0.5) is 5.69 Å². The summed E-state index contributed by atoms with van der Waals surface area (Å²) in [6, 6.07) is 18.6. The SMILES string of the molecule is Cc1c(Cl)cccc1NC(=O)COC(=O)COc1ccc2ccccc2c1. The monoisotopic (exact) mass is 383 g/mol. The summed E-state index contributed by atoms with van der Waals surface area (Å²) in [7, 11) is 0. The van der Waals surface area contributed by atoms with Gasteiger partial charge in [0, 0.05) is 10.7 Å². The van der Waals surface area contributed by atoms with Gasteiger partial charge in [0.15, 0.2) is 13.2 Å². The molecule has 5 nitrogen and oxygen atoms in total. The molecule has 0 aliphatic carbocycles. The molecule has 3 aromatic carbocycles. The van der Waals surface area contributed by atoms with E-state index in [4.69, 9.17) is 21.1 Å². The summed E-state index contributed by atoms with van der Waals surface area (Å²) in [6.45, 7) is 1.12. The molecule has 0 aliphatic heterocycles. The number of benzene rings is 3. The predicted octanol–water partition coefficient (Wildman–Crippen LogP) is 4.36. The molecule has 0 unspecified atom stereocenters. The second-order valence-corrected chi connectivity index (χ2v) is 6.33. The number of amides is 1. The van der Waals surface area contributed by atoms with Crippen LogP contribution in [0.15, 0.2) is 60.7 Å². The minimum Gasteiger partial charge on any atom is -0.482 e. The van der Waals surface area contributed by atoms with E-state index in [2.05, 4.69) is 5.32 Å². The second kappa shape index (κ2) is 8.56. The van der Waals surface area contributed by atoms with Crippen molar-refractivity contribution >= 4 is 39.9 Å². The first-order chi connectivity index (χ1) is 13.0. The molecule has 0 heterocycles. The molecule has 0 fully saturated rings. The average Bonchev–Trinajstić information content (AvgIpc) is 2.68. The number of carbonyl (C=O) groups is 2. The van der Waals surface area contributed by atoms with Crippen molar-refractivity contribution in [2.45, 2.75) is 6.92 Å². The molecule has 0 aliphatic rings. The zero-order chi connectivity index (χ0) is 19.2. The Bertz CT molecular complexity index is 987. The van der Waals surface area contributed by atoms with Gasteiger partial charge in [0.1, 0.15) is 5.75 Å².